The Bertz CT molecular complexity index is 1000. The molecule has 0 spiro atoms. The molecule has 2 aromatic heterocycles. The van der Waals surface area contributed by atoms with Crippen molar-refractivity contribution in [1.82, 2.24) is 15.3 Å². The zero-order valence-electron chi connectivity index (χ0n) is 21.6. The first-order valence-electron chi connectivity index (χ1n) is 13.0. The van der Waals surface area contributed by atoms with Gasteiger partial charge in [0.25, 0.3) is 0 Å². The SMILES string of the molecule is COCCNC1CCC(Nc2nccc(-c3nc(NCC4CCOC(C)(C)C4)ccc3Cl)c2F)CC1. The summed E-state index contributed by atoms with van der Waals surface area (Å²) in [5.41, 5.74) is 0.665. The van der Waals surface area contributed by atoms with E-state index < -0.39 is 5.82 Å². The maximum atomic E-state index is 15.6. The zero-order valence-corrected chi connectivity index (χ0v) is 22.3. The largest absolute Gasteiger partial charge is 0.383 e. The summed E-state index contributed by atoms with van der Waals surface area (Å²) in [6, 6.07) is 5.91. The number of nitrogens with one attached hydrogen (secondary N) is 3. The van der Waals surface area contributed by atoms with Gasteiger partial charge in [0.15, 0.2) is 11.6 Å². The van der Waals surface area contributed by atoms with Crippen LogP contribution in [0, 0.1) is 11.7 Å². The lowest BCUT2D eigenvalue weighted by molar-refractivity contribution is -0.0699. The number of hydrogen-bond acceptors (Lipinski definition) is 7. The summed E-state index contributed by atoms with van der Waals surface area (Å²) in [6.45, 7) is 7.37. The molecule has 0 amide bonds. The maximum Gasteiger partial charge on any atom is 0.174 e. The molecule has 7 nitrogen and oxygen atoms in total. The smallest absolute Gasteiger partial charge is 0.174 e. The fourth-order valence-corrected chi connectivity index (χ4v) is 5.45. The fraction of sp³-hybridized carbons (Fsp3) is 0.630. The van der Waals surface area contributed by atoms with E-state index in [4.69, 9.17) is 21.1 Å². The standard InChI is InChI=1S/C27H39ClFN5O2/c1-27(2)16-18(11-14-36-27)17-32-23-9-8-22(28)25(34-23)21-10-12-31-26(24(21)29)33-20-6-4-19(5-7-20)30-13-15-35-3/h8-10,12,18-20,30H,4-7,11,13-17H2,1-3H3,(H,31,33)(H,32,34). The van der Waals surface area contributed by atoms with Crippen LogP contribution in [0.4, 0.5) is 16.0 Å². The third-order valence-electron chi connectivity index (χ3n) is 7.17. The average molecular weight is 520 g/mol. The van der Waals surface area contributed by atoms with Gasteiger partial charge in [0, 0.05) is 50.7 Å². The molecular formula is C27H39ClFN5O2. The van der Waals surface area contributed by atoms with Crippen LogP contribution in [-0.4, -0.2) is 61.1 Å². The molecule has 36 heavy (non-hydrogen) atoms. The molecule has 2 fully saturated rings. The minimum Gasteiger partial charge on any atom is -0.383 e. The van der Waals surface area contributed by atoms with Crippen molar-refractivity contribution in [3.8, 4) is 11.3 Å². The highest BCUT2D eigenvalue weighted by Crippen LogP contribution is 2.33. The van der Waals surface area contributed by atoms with Crippen molar-refractivity contribution in [1.29, 1.82) is 0 Å². The van der Waals surface area contributed by atoms with Crippen molar-refractivity contribution in [2.24, 2.45) is 5.92 Å². The van der Waals surface area contributed by atoms with Crippen molar-refractivity contribution < 1.29 is 13.9 Å². The number of pyridine rings is 2. The lowest BCUT2D eigenvalue weighted by Gasteiger charge is -2.35. The Kier molecular flexibility index (Phi) is 9.39. The molecule has 2 aromatic rings. The molecule has 1 unspecified atom stereocenters. The van der Waals surface area contributed by atoms with Crippen LogP contribution in [0.2, 0.25) is 5.02 Å². The predicted molar refractivity (Wildman–Crippen MR) is 143 cm³/mol. The Morgan fingerprint density at radius 1 is 1.14 bits per heavy atom. The summed E-state index contributed by atoms with van der Waals surface area (Å²) in [5.74, 6) is 1.01. The maximum absolute atomic E-state index is 15.6. The van der Waals surface area contributed by atoms with Crippen LogP contribution in [0.15, 0.2) is 24.4 Å². The van der Waals surface area contributed by atoms with E-state index in [0.29, 0.717) is 40.7 Å². The number of nitrogens with zero attached hydrogens (tertiary/aromatic N) is 2. The monoisotopic (exact) mass is 519 g/mol. The van der Waals surface area contributed by atoms with Crippen LogP contribution < -0.4 is 16.0 Å². The van der Waals surface area contributed by atoms with E-state index in [9.17, 15) is 0 Å². The molecular weight excluding hydrogens is 481 g/mol. The summed E-state index contributed by atoms with van der Waals surface area (Å²) in [6.07, 6.45) is 7.59. The van der Waals surface area contributed by atoms with Gasteiger partial charge in [-0.15, -0.1) is 0 Å². The number of rotatable bonds is 10. The second kappa shape index (κ2) is 12.5. The van der Waals surface area contributed by atoms with E-state index in [1.165, 1.54) is 0 Å². The molecule has 1 saturated carbocycles. The molecule has 4 rings (SSSR count). The van der Waals surface area contributed by atoms with E-state index >= 15 is 4.39 Å². The summed E-state index contributed by atoms with van der Waals surface area (Å²) in [4.78, 5) is 8.95. The molecule has 198 valence electrons. The Morgan fingerprint density at radius 3 is 2.67 bits per heavy atom. The van der Waals surface area contributed by atoms with E-state index in [0.717, 1.165) is 58.2 Å². The average Bonchev–Trinajstić information content (AvgIpc) is 2.86. The van der Waals surface area contributed by atoms with Crippen LogP contribution in [0.25, 0.3) is 11.3 Å². The second-order valence-electron chi connectivity index (χ2n) is 10.5. The van der Waals surface area contributed by atoms with Gasteiger partial charge in [-0.05, 0) is 76.5 Å². The molecule has 3 heterocycles. The van der Waals surface area contributed by atoms with Gasteiger partial charge in [-0.3, -0.25) is 0 Å². The summed E-state index contributed by atoms with van der Waals surface area (Å²) in [5, 5.41) is 10.7. The molecule has 1 aliphatic carbocycles. The van der Waals surface area contributed by atoms with Gasteiger partial charge in [-0.2, -0.15) is 0 Å². The molecule has 2 aliphatic rings. The van der Waals surface area contributed by atoms with Gasteiger partial charge in [0.2, 0.25) is 0 Å². The fourth-order valence-electron chi connectivity index (χ4n) is 5.24. The molecule has 9 heteroatoms. The summed E-state index contributed by atoms with van der Waals surface area (Å²) < 4.78 is 26.5. The number of aromatic nitrogens is 2. The van der Waals surface area contributed by atoms with Crippen molar-refractivity contribution in [3.05, 3.63) is 35.2 Å². The third kappa shape index (κ3) is 7.28. The quantitative estimate of drug-likeness (QED) is 0.357. The van der Waals surface area contributed by atoms with E-state index in [1.54, 1.807) is 25.4 Å². The Labute approximate surface area is 218 Å². The first-order chi connectivity index (χ1) is 17.3. The minimum absolute atomic E-state index is 0.105. The Balaban J connectivity index is 1.39. The van der Waals surface area contributed by atoms with Gasteiger partial charge in [-0.25, -0.2) is 14.4 Å². The topological polar surface area (TPSA) is 80.3 Å². The number of halogens is 2. The molecule has 1 atom stereocenters. The molecule has 1 saturated heterocycles. The molecule has 0 bridgehead atoms. The predicted octanol–water partition coefficient (Wildman–Crippen LogP) is 5.51. The molecule has 0 radical (unpaired) electrons. The van der Waals surface area contributed by atoms with Crippen molar-refractivity contribution in [2.45, 2.75) is 70.1 Å². The normalized spacial score (nSPS) is 23.9. The highest BCUT2D eigenvalue weighted by atomic mass is 35.5. The summed E-state index contributed by atoms with van der Waals surface area (Å²) in [7, 11) is 1.71. The van der Waals surface area contributed by atoms with Gasteiger partial charge in [0.05, 0.1) is 22.9 Å². The van der Waals surface area contributed by atoms with Crippen LogP contribution in [0.5, 0.6) is 0 Å². The second-order valence-corrected chi connectivity index (χ2v) is 10.9. The van der Waals surface area contributed by atoms with E-state index in [1.807, 2.05) is 6.07 Å². The van der Waals surface area contributed by atoms with Crippen LogP contribution in [0.1, 0.15) is 52.4 Å². The molecule has 1 aliphatic heterocycles. The first kappa shape index (κ1) is 27.0. The van der Waals surface area contributed by atoms with Crippen LogP contribution >= 0.6 is 11.6 Å². The van der Waals surface area contributed by atoms with Crippen molar-refractivity contribution >= 4 is 23.2 Å². The third-order valence-corrected chi connectivity index (χ3v) is 7.47. The Morgan fingerprint density at radius 2 is 1.92 bits per heavy atom. The van der Waals surface area contributed by atoms with E-state index in [-0.39, 0.29) is 17.5 Å². The molecule has 3 N–H and O–H groups in total. The molecule has 0 aromatic carbocycles. The first-order valence-corrected chi connectivity index (χ1v) is 13.4. The zero-order chi connectivity index (χ0) is 25.5. The number of methoxy groups -OCH3 is 1. The lowest BCUT2D eigenvalue weighted by atomic mass is 9.88. The van der Waals surface area contributed by atoms with Gasteiger partial charge < -0.3 is 25.4 Å². The highest BCUT2D eigenvalue weighted by Gasteiger charge is 2.29. The number of anilines is 2. The Hall–Kier alpha value is -2.00. The van der Waals surface area contributed by atoms with Crippen LogP contribution in [-0.2, 0) is 9.47 Å². The summed E-state index contributed by atoms with van der Waals surface area (Å²) >= 11 is 6.47. The van der Waals surface area contributed by atoms with Crippen molar-refractivity contribution in [2.75, 3.05) is 44.0 Å². The highest BCUT2D eigenvalue weighted by molar-refractivity contribution is 6.33. The van der Waals surface area contributed by atoms with Gasteiger partial charge >= 0.3 is 0 Å². The number of ether oxygens (including phenoxy) is 2. The minimum atomic E-state index is -0.421. The van der Waals surface area contributed by atoms with Gasteiger partial charge in [-0.1, -0.05) is 11.6 Å². The van der Waals surface area contributed by atoms with Gasteiger partial charge in [0.1, 0.15) is 5.82 Å². The van der Waals surface area contributed by atoms with Crippen LogP contribution in [0.3, 0.4) is 0 Å². The lowest BCUT2D eigenvalue weighted by Crippen LogP contribution is -2.38. The number of hydrogen-bond donors (Lipinski definition) is 3. The van der Waals surface area contributed by atoms with Crippen molar-refractivity contribution in [3.63, 3.8) is 0 Å². The van der Waals surface area contributed by atoms with E-state index in [2.05, 4.69) is 39.8 Å².